The van der Waals surface area contributed by atoms with Gasteiger partial charge in [-0.1, -0.05) is 12.1 Å². The Kier molecular flexibility index (Phi) is 6.04. The highest BCUT2D eigenvalue weighted by Crippen LogP contribution is 2.31. The molecule has 2 heterocycles. The lowest BCUT2D eigenvalue weighted by Gasteiger charge is -2.37. The third-order valence-electron chi connectivity index (χ3n) is 6.00. The zero-order chi connectivity index (χ0) is 22.0. The molecule has 162 valence electrons. The summed E-state index contributed by atoms with van der Waals surface area (Å²) >= 11 is 0. The lowest BCUT2D eigenvalue weighted by atomic mass is 10.1. The molecule has 0 spiro atoms. The fourth-order valence-corrected chi connectivity index (χ4v) is 4.31. The van der Waals surface area contributed by atoms with Crippen LogP contribution >= 0.6 is 0 Å². The second-order valence-electron chi connectivity index (χ2n) is 8.25. The molecule has 2 aliphatic heterocycles. The number of nitrogens with one attached hydrogen (secondary N) is 1. The summed E-state index contributed by atoms with van der Waals surface area (Å²) in [5.41, 5.74) is 3.25. The maximum atomic E-state index is 13.3. The van der Waals surface area contributed by atoms with E-state index in [1.807, 2.05) is 55.5 Å². The van der Waals surface area contributed by atoms with Gasteiger partial charge in [-0.3, -0.25) is 19.3 Å². The van der Waals surface area contributed by atoms with Crippen molar-refractivity contribution < 1.29 is 14.4 Å². The Labute approximate surface area is 182 Å². The van der Waals surface area contributed by atoms with Gasteiger partial charge in [-0.15, -0.1) is 0 Å². The molecule has 0 unspecified atom stereocenters. The number of anilines is 3. The van der Waals surface area contributed by atoms with Crippen LogP contribution in [0.25, 0.3) is 0 Å². The number of fused-ring (bicyclic) bond motifs is 1. The Hall–Kier alpha value is -3.19. The molecule has 1 N–H and O–H groups in total. The summed E-state index contributed by atoms with van der Waals surface area (Å²) in [6, 6.07) is 15.0. The van der Waals surface area contributed by atoms with Gasteiger partial charge in [-0.05, 0) is 50.2 Å². The van der Waals surface area contributed by atoms with Gasteiger partial charge < -0.3 is 15.1 Å². The topological polar surface area (TPSA) is 73.0 Å². The average molecular weight is 421 g/mol. The van der Waals surface area contributed by atoms with E-state index in [4.69, 9.17) is 0 Å². The number of benzene rings is 2. The summed E-state index contributed by atoms with van der Waals surface area (Å²) in [6.45, 7) is 7.01. The van der Waals surface area contributed by atoms with Gasteiger partial charge in [0.2, 0.25) is 11.8 Å². The van der Waals surface area contributed by atoms with E-state index in [0.29, 0.717) is 17.8 Å². The van der Waals surface area contributed by atoms with E-state index in [1.54, 1.807) is 11.8 Å². The van der Waals surface area contributed by atoms with Crippen LogP contribution in [0.15, 0.2) is 48.5 Å². The van der Waals surface area contributed by atoms with Crippen LogP contribution in [0.2, 0.25) is 0 Å². The number of rotatable bonds is 4. The number of hydrogen-bond acceptors (Lipinski definition) is 5. The minimum Gasteiger partial charge on any atom is -0.369 e. The minimum atomic E-state index is -0.197. The molecule has 2 amide bonds. The second kappa shape index (κ2) is 8.89. The van der Waals surface area contributed by atoms with Crippen molar-refractivity contribution in [3.05, 3.63) is 54.1 Å². The van der Waals surface area contributed by atoms with Crippen molar-refractivity contribution >= 4 is 34.7 Å². The van der Waals surface area contributed by atoms with E-state index < -0.39 is 0 Å². The highest BCUT2D eigenvalue weighted by molar-refractivity contribution is 6.05. The molecule has 0 aromatic heterocycles. The molecule has 0 aliphatic carbocycles. The molecule has 1 saturated heterocycles. The fraction of sp³-hybridized carbons (Fsp3) is 0.375. The molecule has 0 radical (unpaired) electrons. The molecule has 7 heteroatoms. The lowest BCUT2D eigenvalue weighted by molar-refractivity contribution is -0.120. The molecule has 2 aromatic carbocycles. The number of amides is 2. The zero-order valence-electron chi connectivity index (χ0n) is 18.0. The van der Waals surface area contributed by atoms with E-state index in [2.05, 4.69) is 15.1 Å². The van der Waals surface area contributed by atoms with Crippen LogP contribution in [0, 0.1) is 0 Å². The van der Waals surface area contributed by atoms with Crippen molar-refractivity contribution in [2.75, 3.05) is 47.8 Å². The first-order valence-electron chi connectivity index (χ1n) is 10.7. The molecule has 31 heavy (non-hydrogen) atoms. The Morgan fingerprint density at radius 2 is 1.68 bits per heavy atom. The summed E-state index contributed by atoms with van der Waals surface area (Å²) in [4.78, 5) is 43.1. The Balaban J connectivity index is 1.40. The summed E-state index contributed by atoms with van der Waals surface area (Å²) in [7, 11) is 0. The predicted molar refractivity (Wildman–Crippen MR) is 122 cm³/mol. The van der Waals surface area contributed by atoms with Crippen molar-refractivity contribution in [1.29, 1.82) is 0 Å². The number of hydrogen-bond donors (Lipinski definition) is 1. The standard InChI is InChI=1S/C24H28N4O3/c1-17-15-23(30)25-21-5-3-4-6-22(21)28(17)24(31)16-26-11-13-27(14-12-26)20-9-7-19(8-10-20)18(2)29/h3-10,17H,11-16H2,1-2H3,(H,25,30)/t17-/m1/s1. The van der Waals surface area contributed by atoms with Crippen molar-refractivity contribution in [1.82, 2.24) is 4.90 Å². The van der Waals surface area contributed by atoms with Crippen molar-refractivity contribution in [3.8, 4) is 0 Å². The quantitative estimate of drug-likeness (QED) is 0.770. The van der Waals surface area contributed by atoms with E-state index in [1.165, 1.54) is 0 Å². The molecule has 2 aromatic rings. The van der Waals surface area contributed by atoms with Crippen LogP contribution in [-0.4, -0.2) is 61.3 Å². The van der Waals surface area contributed by atoms with E-state index in [0.717, 1.165) is 37.6 Å². The fourth-order valence-electron chi connectivity index (χ4n) is 4.31. The summed E-state index contributed by atoms with van der Waals surface area (Å²) in [5, 5.41) is 2.90. The van der Waals surface area contributed by atoms with Gasteiger partial charge in [0.15, 0.2) is 5.78 Å². The maximum absolute atomic E-state index is 13.3. The number of piperazine rings is 1. The SMILES string of the molecule is CC(=O)c1ccc(N2CCN(CC(=O)N3c4ccccc4NC(=O)C[C@H]3C)CC2)cc1. The molecular formula is C24H28N4O3. The van der Waals surface area contributed by atoms with Gasteiger partial charge in [0.25, 0.3) is 0 Å². The number of carbonyl (C=O) groups is 3. The third-order valence-corrected chi connectivity index (χ3v) is 6.00. The number of para-hydroxylation sites is 2. The van der Waals surface area contributed by atoms with Gasteiger partial charge in [0.1, 0.15) is 0 Å². The lowest BCUT2D eigenvalue weighted by Crippen LogP contribution is -2.51. The zero-order valence-corrected chi connectivity index (χ0v) is 18.0. The first kappa shape index (κ1) is 21.1. The Morgan fingerprint density at radius 3 is 2.35 bits per heavy atom. The minimum absolute atomic E-state index is 0.00992. The van der Waals surface area contributed by atoms with Crippen LogP contribution in [-0.2, 0) is 9.59 Å². The molecular weight excluding hydrogens is 392 g/mol. The van der Waals surface area contributed by atoms with Crippen LogP contribution < -0.4 is 15.1 Å². The highest BCUT2D eigenvalue weighted by atomic mass is 16.2. The molecule has 0 saturated carbocycles. The van der Waals surface area contributed by atoms with Gasteiger partial charge >= 0.3 is 0 Å². The van der Waals surface area contributed by atoms with Gasteiger partial charge in [-0.2, -0.15) is 0 Å². The van der Waals surface area contributed by atoms with Crippen molar-refractivity contribution in [3.63, 3.8) is 0 Å². The normalized spacial score (nSPS) is 19.4. The van der Waals surface area contributed by atoms with E-state index in [-0.39, 0.29) is 30.1 Å². The number of ketones is 1. The number of nitrogens with zero attached hydrogens (tertiary/aromatic N) is 3. The largest absolute Gasteiger partial charge is 0.369 e. The molecule has 7 nitrogen and oxygen atoms in total. The molecule has 1 fully saturated rings. The average Bonchev–Trinajstić information content (AvgIpc) is 2.88. The van der Waals surface area contributed by atoms with Gasteiger partial charge in [0.05, 0.1) is 17.9 Å². The Morgan fingerprint density at radius 1 is 1.00 bits per heavy atom. The van der Waals surface area contributed by atoms with Crippen molar-refractivity contribution in [2.45, 2.75) is 26.3 Å². The predicted octanol–water partition coefficient (Wildman–Crippen LogP) is 2.78. The van der Waals surface area contributed by atoms with Gasteiger partial charge in [0, 0.05) is 49.9 Å². The van der Waals surface area contributed by atoms with Crippen LogP contribution in [0.3, 0.4) is 0 Å². The smallest absolute Gasteiger partial charge is 0.241 e. The number of carbonyl (C=O) groups excluding carboxylic acids is 3. The monoisotopic (exact) mass is 420 g/mol. The van der Waals surface area contributed by atoms with Crippen LogP contribution in [0.5, 0.6) is 0 Å². The summed E-state index contributed by atoms with van der Waals surface area (Å²) in [6.07, 6.45) is 0.282. The molecule has 4 rings (SSSR count). The third kappa shape index (κ3) is 4.61. The molecule has 2 aliphatic rings. The van der Waals surface area contributed by atoms with Crippen LogP contribution in [0.1, 0.15) is 30.6 Å². The molecule has 0 bridgehead atoms. The highest BCUT2D eigenvalue weighted by Gasteiger charge is 2.31. The summed E-state index contributed by atoms with van der Waals surface area (Å²) < 4.78 is 0. The number of Topliss-reactive ketones (excluding diaryl/α,β-unsaturated/α-hetero) is 1. The van der Waals surface area contributed by atoms with E-state index >= 15 is 0 Å². The maximum Gasteiger partial charge on any atom is 0.241 e. The first-order valence-corrected chi connectivity index (χ1v) is 10.7. The second-order valence-corrected chi connectivity index (χ2v) is 8.25. The van der Waals surface area contributed by atoms with Gasteiger partial charge in [-0.25, -0.2) is 0 Å². The summed E-state index contributed by atoms with van der Waals surface area (Å²) in [5.74, 6) is 0.00598. The Bertz CT molecular complexity index is 981. The van der Waals surface area contributed by atoms with Crippen LogP contribution in [0.4, 0.5) is 17.1 Å². The van der Waals surface area contributed by atoms with Crippen molar-refractivity contribution in [2.24, 2.45) is 0 Å². The molecule has 1 atom stereocenters. The van der Waals surface area contributed by atoms with E-state index in [9.17, 15) is 14.4 Å². The first-order chi connectivity index (χ1) is 14.9.